The molecule has 5 nitrogen and oxygen atoms in total. The molecule has 35 heavy (non-hydrogen) atoms. The predicted octanol–water partition coefficient (Wildman–Crippen LogP) is 4.77. The van der Waals surface area contributed by atoms with E-state index in [9.17, 15) is 9.90 Å². The number of imidazole rings is 1. The molecule has 0 spiro atoms. The van der Waals surface area contributed by atoms with Crippen LogP contribution in [0.25, 0.3) is 10.9 Å². The Balaban J connectivity index is 1.72. The average Bonchev–Trinajstić information content (AvgIpc) is 3.30. The minimum Gasteiger partial charge on any atom is -0.374 e. The molecule has 0 aliphatic heterocycles. The maximum Gasteiger partial charge on any atom is 0.248 e. The highest BCUT2D eigenvalue weighted by molar-refractivity contribution is 6.30. The van der Waals surface area contributed by atoms with Crippen LogP contribution in [0.4, 0.5) is 0 Å². The fraction of sp³-hybridized carbons (Fsp3) is 0.103. The van der Waals surface area contributed by atoms with Crippen molar-refractivity contribution in [2.24, 2.45) is 7.05 Å². The molecule has 172 valence electrons. The van der Waals surface area contributed by atoms with Gasteiger partial charge in [-0.1, -0.05) is 47.9 Å². The van der Waals surface area contributed by atoms with Gasteiger partial charge in [0.1, 0.15) is 0 Å². The van der Waals surface area contributed by atoms with Crippen LogP contribution in [0.15, 0.2) is 90.1 Å². The van der Waals surface area contributed by atoms with E-state index < -0.39 is 5.60 Å². The van der Waals surface area contributed by atoms with Gasteiger partial charge in [0.25, 0.3) is 0 Å². The average molecular weight is 480 g/mol. The van der Waals surface area contributed by atoms with Crippen LogP contribution in [-0.2, 0) is 19.1 Å². The van der Waals surface area contributed by atoms with Crippen molar-refractivity contribution in [2.75, 3.05) is 0 Å². The first kappa shape index (κ1) is 22.7. The Kier molecular flexibility index (Phi) is 5.78. The number of hydrogen-bond donors (Lipinski definition) is 2. The van der Waals surface area contributed by atoms with E-state index in [1.807, 2.05) is 49.5 Å². The summed E-state index contributed by atoms with van der Waals surface area (Å²) in [6.07, 6.45) is 9.39. The summed E-state index contributed by atoms with van der Waals surface area (Å²) < 4.78 is 1.79. The van der Waals surface area contributed by atoms with Crippen molar-refractivity contribution in [3.8, 4) is 12.3 Å². The summed E-state index contributed by atoms with van der Waals surface area (Å²) in [5.74, 6) is 2.66. The molecule has 1 unspecified atom stereocenters. The van der Waals surface area contributed by atoms with Crippen molar-refractivity contribution >= 4 is 22.5 Å². The monoisotopic (exact) mass is 479 g/mol. The van der Waals surface area contributed by atoms with Crippen LogP contribution in [0, 0.1) is 12.3 Å². The van der Waals surface area contributed by atoms with Gasteiger partial charge in [-0.3, -0.25) is 4.79 Å². The first-order valence-corrected chi connectivity index (χ1v) is 11.4. The zero-order valence-electron chi connectivity index (χ0n) is 19.0. The van der Waals surface area contributed by atoms with Gasteiger partial charge in [0, 0.05) is 34.6 Å². The quantitative estimate of drug-likeness (QED) is 0.357. The van der Waals surface area contributed by atoms with Gasteiger partial charge in [-0.2, -0.15) is 0 Å². The molecule has 0 aliphatic rings. The molecule has 0 aliphatic carbocycles. The zero-order valence-corrected chi connectivity index (χ0v) is 19.8. The summed E-state index contributed by atoms with van der Waals surface area (Å²) in [5, 5.41) is 13.7. The van der Waals surface area contributed by atoms with Crippen molar-refractivity contribution in [2.45, 2.75) is 12.0 Å². The second-order valence-corrected chi connectivity index (χ2v) is 8.98. The number of fused-ring (bicyclic) bond motifs is 1. The first-order valence-electron chi connectivity index (χ1n) is 11.1. The number of aromatic nitrogens is 3. The number of pyridine rings is 1. The number of aryl methyl sites for hydroxylation is 1. The minimum atomic E-state index is -1.50. The molecule has 0 fully saturated rings. The highest BCUT2D eigenvalue weighted by Crippen LogP contribution is 2.38. The van der Waals surface area contributed by atoms with E-state index in [-0.39, 0.29) is 5.56 Å². The molecule has 1 atom stereocenters. The third kappa shape index (κ3) is 4.15. The summed E-state index contributed by atoms with van der Waals surface area (Å²) in [4.78, 5) is 19.6. The molecule has 0 saturated carbocycles. The third-order valence-electron chi connectivity index (χ3n) is 6.28. The number of rotatable bonds is 5. The molecule has 2 heterocycles. The van der Waals surface area contributed by atoms with Crippen LogP contribution in [0.3, 0.4) is 0 Å². The topological polar surface area (TPSA) is 70.9 Å². The largest absolute Gasteiger partial charge is 0.374 e. The van der Waals surface area contributed by atoms with E-state index in [4.69, 9.17) is 18.0 Å². The second-order valence-electron chi connectivity index (χ2n) is 8.55. The molecular weight excluding hydrogens is 458 g/mol. The smallest absolute Gasteiger partial charge is 0.248 e. The summed E-state index contributed by atoms with van der Waals surface area (Å²) in [6, 6.07) is 22.0. The molecule has 5 aromatic rings. The predicted molar refractivity (Wildman–Crippen MR) is 139 cm³/mol. The number of halogens is 1. The van der Waals surface area contributed by atoms with Crippen molar-refractivity contribution in [1.29, 1.82) is 0 Å². The zero-order chi connectivity index (χ0) is 24.6. The van der Waals surface area contributed by atoms with E-state index in [0.29, 0.717) is 33.8 Å². The van der Waals surface area contributed by atoms with Crippen molar-refractivity contribution in [3.63, 3.8) is 0 Å². The number of benzene rings is 3. The number of nitrogens with zero attached hydrogens (tertiary/aromatic N) is 2. The maximum absolute atomic E-state index is 12.4. The van der Waals surface area contributed by atoms with E-state index >= 15 is 0 Å². The van der Waals surface area contributed by atoms with Crippen molar-refractivity contribution < 1.29 is 5.11 Å². The Bertz CT molecular complexity index is 1640. The van der Waals surface area contributed by atoms with Gasteiger partial charge in [0.15, 0.2) is 5.60 Å². The molecule has 0 radical (unpaired) electrons. The van der Waals surface area contributed by atoms with Crippen LogP contribution in [0.5, 0.6) is 0 Å². The van der Waals surface area contributed by atoms with Crippen LogP contribution in [0.1, 0.15) is 33.5 Å². The number of hydrogen-bond acceptors (Lipinski definition) is 3. The summed E-state index contributed by atoms with van der Waals surface area (Å²) in [7, 11) is 1.84. The minimum absolute atomic E-state index is 0.187. The number of H-pyrrole nitrogens is 1. The van der Waals surface area contributed by atoms with E-state index in [1.165, 1.54) is 0 Å². The lowest BCUT2D eigenvalue weighted by Crippen LogP contribution is -2.31. The highest BCUT2D eigenvalue weighted by atomic mass is 35.5. The maximum atomic E-state index is 12.4. The lowest BCUT2D eigenvalue weighted by Gasteiger charge is -2.30. The summed E-state index contributed by atoms with van der Waals surface area (Å²) in [5.41, 5.74) is 3.51. The molecule has 0 bridgehead atoms. The molecule has 5 rings (SSSR count). The second kappa shape index (κ2) is 8.92. The fourth-order valence-electron chi connectivity index (χ4n) is 4.55. The number of aromatic amines is 1. The Morgan fingerprint density at radius 1 is 1.09 bits per heavy atom. The first-order chi connectivity index (χ1) is 16.9. The number of terminal acetylenes is 1. The summed E-state index contributed by atoms with van der Waals surface area (Å²) >= 11 is 6.13. The van der Waals surface area contributed by atoms with E-state index in [1.54, 1.807) is 47.4 Å². The van der Waals surface area contributed by atoms with E-state index in [0.717, 1.165) is 22.1 Å². The molecular formula is C29H22ClN3O2. The van der Waals surface area contributed by atoms with Crippen LogP contribution in [-0.4, -0.2) is 19.6 Å². The summed E-state index contributed by atoms with van der Waals surface area (Å²) in [6.45, 7) is 0. The van der Waals surface area contributed by atoms with Gasteiger partial charge >= 0.3 is 0 Å². The standard InChI is InChI=1S/C29H22ClN3O2/c1-3-19-5-4-6-20(13-19)14-21-15-28(34)32-26-12-9-23(16-25(21)26)29(35,27-17-31-18-33(27)2)22-7-10-24(30)11-8-22/h1,4-13,15-18,35H,14H2,2H3,(H,32,34). The van der Waals surface area contributed by atoms with Gasteiger partial charge in [-0.25, -0.2) is 4.98 Å². The van der Waals surface area contributed by atoms with Gasteiger partial charge in [-0.15, -0.1) is 6.42 Å². The van der Waals surface area contributed by atoms with Crippen molar-refractivity contribution in [3.05, 3.63) is 134 Å². The van der Waals surface area contributed by atoms with Crippen LogP contribution >= 0.6 is 11.6 Å². The fourth-order valence-corrected chi connectivity index (χ4v) is 4.67. The van der Waals surface area contributed by atoms with E-state index in [2.05, 4.69) is 15.9 Å². The van der Waals surface area contributed by atoms with Gasteiger partial charge in [-0.05, 0) is 65.1 Å². The highest BCUT2D eigenvalue weighted by Gasteiger charge is 2.36. The van der Waals surface area contributed by atoms with Gasteiger partial charge in [0.2, 0.25) is 5.56 Å². The molecule has 2 N–H and O–H groups in total. The number of nitrogens with one attached hydrogen (secondary N) is 1. The Morgan fingerprint density at radius 3 is 2.57 bits per heavy atom. The molecule has 2 aromatic heterocycles. The van der Waals surface area contributed by atoms with Gasteiger partial charge in [0.05, 0.1) is 18.2 Å². The third-order valence-corrected chi connectivity index (χ3v) is 6.54. The Hall–Kier alpha value is -4.11. The lowest BCUT2D eigenvalue weighted by molar-refractivity contribution is 0.117. The van der Waals surface area contributed by atoms with Crippen LogP contribution < -0.4 is 5.56 Å². The Labute approximate surface area is 207 Å². The van der Waals surface area contributed by atoms with Gasteiger partial charge < -0.3 is 14.7 Å². The van der Waals surface area contributed by atoms with Crippen LogP contribution in [0.2, 0.25) is 5.02 Å². The SMILES string of the molecule is C#Cc1cccc(Cc2cc(=O)[nH]c3ccc(C(O)(c4ccc(Cl)cc4)c4cncn4C)cc23)c1. The molecule has 6 heteroatoms. The number of aliphatic hydroxyl groups is 1. The lowest BCUT2D eigenvalue weighted by atomic mass is 9.82. The molecule has 0 saturated heterocycles. The van der Waals surface area contributed by atoms with Crippen molar-refractivity contribution in [1.82, 2.24) is 14.5 Å². The molecule has 3 aromatic carbocycles. The normalized spacial score (nSPS) is 12.9. The Morgan fingerprint density at radius 2 is 1.86 bits per heavy atom. The molecule has 0 amide bonds.